The first-order valence-corrected chi connectivity index (χ1v) is 18.9. The molecule has 7 aromatic rings. The van der Waals surface area contributed by atoms with Gasteiger partial charge in [-0.05, 0) is 108 Å². The Morgan fingerprint density at radius 2 is 1.22 bits per heavy atom. The van der Waals surface area contributed by atoms with Gasteiger partial charge in [0, 0.05) is 20.9 Å². The predicted octanol–water partition coefficient (Wildman–Crippen LogP) is 8.31. The van der Waals surface area contributed by atoms with Gasteiger partial charge in [-0.25, -0.2) is 0 Å². The van der Waals surface area contributed by atoms with Crippen LogP contribution >= 0.6 is 22.7 Å². The van der Waals surface area contributed by atoms with Gasteiger partial charge in [0.1, 0.15) is 24.7 Å². The van der Waals surface area contributed by atoms with E-state index < -0.39 is 5.41 Å². The highest BCUT2D eigenvalue weighted by atomic mass is 32.1. The highest BCUT2D eigenvalue weighted by molar-refractivity contribution is 7.13. The summed E-state index contributed by atoms with van der Waals surface area (Å²) in [6.07, 6.45) is 4.81. The Labute approximate surface area is 304 Å². The molecule has 51 heavy (non-hydrogen) atoms. The monoisotopic (exact) mass is 702 g/mol. The number of thiophene rings is 2. The third-order valence-electron chi connectivity index (χ3n) is 9.94. The number of hydrogen-bond acceptors (Lipinski definition) is 6. The average Bonchev–Trinajstić information content (AvgIpc) is 3.98. The number of fused-ring (bicyclic) bond motifs is 6. The van der Waals surface area contributed by atoms with Crippen LogP contribution in [0.1, 0.15) is 22.3 Å². The molecule has 2 aromatic heterocycles. The van der Waals surface area contributed by atoms with Crippen LogP contribution in [0.5, 0.6) is 11.5 Å². The minimum atomic E-state index is -0.702. The van der Waals surface area contributed by atoms with E-state index >= 15 is 0 Å². The van der Waals surface area contributed by atoms with Crippen molar-refractivity contribution in [2.45, 2.75) is 5.41 Å². The lowest BCUT2D eigenvalue weighted by atomic mass is 9.63. The van der Waals surface area contributed by atoms with Crippen LogP contribution in [0.2, 0.25) is 0 Å². The molecule has 4 nitrogen and oxygen atoms in total. The molecule has 0 saturated heterocycles. The molecule has 6 heteroatoms. The summed E-state index contributed by atoms with van der Waals surface area (Å²) in [5.41, 5.74) is 8.35. The summed E-state index contributed by atoms with van der Waals surface area (Å²) in [4.78, 5) is 2.20. The number of ether oxygens (including phenoxy) is 2. The number of rotatable bonds is 10. The summed E-state index contributed by atoms with van der Waals surface area (Å²) in [7, 11) is 0. The van der Waals surface area contributed by atoms with Crippen molar-refractivity contribution >= 4 is 45.1 Å². The Kier molecular flexibility index (Phi) is 8.17. The summed E-state index contributed by atoms with van der Waals surface area (Å²) in [5, 5.41) is 28.5. The van der Waals surface area contributed by atoms with Crippen molar-refractivity contribution in [3.05, 3.63) is 176 Å². The van der Waals surface area contributed by atoms with E-state index in [1.54, 1.807) is 22.7 Å². The maximum atomic E-state index is 9.66. The van der Waals surface area contributed by atoms with E-state index in [4.69, 9.17) is 9.47 Å². The fourth-order valence-corrected chi connectivity index (χ4v) is 9.33. The van der Waals surface area contributed by atoms with Crippen LogP contribution in [-0.4, -0.2) is 36.6 Å². The molecule has 0 amide bonds. The molecule has 0 fully saturated rings. The molecule has 0 atom stereocenters. The van der Waals surface area contributed by atoms with Gasteiger partial charge in [-0.3, -0.25) is 0 Å². The van der Waals surface area contributed by atoms with Gasteiger partial charge in [0.2, 0.25) is 0 Å². The zero-order chi connectivity index (χ0) is 34.4. The second-order valence-electron chi connectivity index (χ2n) is 12.7. The summed E-state index contributed by atoms with van der Waals surface area (Å²) in [6, 6.07) is 43.4. The summed E-state index contributed by atoms with van der Waals surface area (Å²) < 4.78 is 12.3. The van der Waals surface area contributed by atoms with Crippen molar-refractivity contribution in [1.82, 2.24) is 0 Å². The minimum Gasteiger partial charge on any atom is -0.491 e. The molecule has 2 N–H and O–H groups in total. The Balaban J connectivity index is 1.38. The van der Waals surface area contributed by atoms with E-state index in [0.29, 0.717) is 0 Å². The highest BCUT2D eigenvalue weighted by Crippen LogP contribution is 2.52. The average molecular weight is 703 g/mol. The maximum Gasteiger partial charge on any atom is 0.128 e. The summed E-state index contributed by atoms with van der Waals surface area (Å²) >= 11 is 3.35. The SMILES string of the molecule is OCCOc1ccc(C2(c3ccc(OCCO)c(-c4cccs4)c3)C=C3C=c4ccc5ccccc5c4=C3c3ccccc32)cc1-c1cccs1. The highest BCUT2D eigenvalue weighted by Gasteiger charge is 2.42. The van der Waals surface area contributed by atoms with E-state index in [2.05, 4.69) is 144 Å². The van der Waals surface area contributed by atoms with Crippen molar-refractivity contribution in [1.29, 1.82) is 0 Å². The zero-order valence-electron chi connectivity index (χ0n) is 27.7. The molecule has 5 aromatic carbocycles. The summed E-state index contributed by atoms with van der Waals surface area (Å²) in [6.45, 7) is 0.313. The summed E-state index contributed by atoms with van der Waals surface area (Å²) in [5.74, 6) is 1.49. The van der Waals surface area contributed by atoms with Gasteiger partial charge in [-0.15, -0.1) is 22.7 Å². The molecule has 250 valence electrons. The van der Waals surface area contributed by atoms with Crippen molar-refractivity contribution in [2.24, 2.45) is 0 Å². The van der Waals surface area contributed by atoms with Crippen LogP contribution in [0, 0.1) is 0 Å². The standard InChI is InChI=1S/C45H34O4S2/c46-19-21-48-39-17-15-32(26-36(39)41-11-5-23-50-41)45(33-16-18-40(49-22-20-47)37(27-33)42-12-6-24-51-42)28-31-25-30-14-13-29-7-1-2-8-34(29)43(30)44(31)35-9-3-4-10-38(35)45/h1-18,23-28,46-47H,19-22H2. The van der Waals surface area contributed by atoms with Gasteiger partial charge < -0.3 is 19.7 Å². The van der Waals surface area contributed by atoms with Gasteiger partial charge in [0.25, 0.3) is 0 Å². The number of hydrogen-bond donors (Lipinski definition) is 2. The quantitative estimate of drug-likeness (QED) is 0.151. The molecule has 0 saturated carbocycles. The van der Waals surface area contributed by atoms with Crippen LogP contribution in [0.15, 0.2) is 144 Å². The molecule has 0 unspecified atom stereocenters. The lowest BCUT2D eigenvalue weighted by Crippen LogP contribution is -2.33. The lowest BCUT2D eigenvalue weighted by Gasteiger charge is -2.39. The van der Waals surface area contributed by atoms with Crippen molar-refractivity contribution in [3.8, 4) is 32.4 Å². The molecule has 2 heterocycles. The fourth-order valence-electron chi connectivity index (χ4n) is 7.84. The first-order chi connectivity index (χ1) is 25.2. The van der Waals surface area contributed by atoms with Gasteiger partial charge in [0.05, 0.1) is 18.6 Å². The van der Waals surface area contributed by atoms with E-state index in [1.165, 1.54) is 43.5 Å². The van der Waals surface area contributed by atoms with E-state index in [9.17, 15) is 10.2 Å². The minimum absolute atomic E-state index is 0.0606. The van der Waals surface area contributed by atoms with Crippen LogP contribution < -0.4 is 19.9 Å². The van der Waals surface area contributed by atoms with Crippen molar-refractivity contribution < 1.29 is 19.7 Å². The van der Waals surface area contributed by atoms with Crippen LogP contribution in [0.4, 0.5) is 0 Å². The third kappa shape index (κ3) is 5.26. The molecule has 2 aliphatic rings. The zero-order valence-corrected chi connectivity index (χ0v) is 29.3. The van der Waals surface area contributed by atoms with E-state index in [0.717, 1.165) is 43.5 Å². The first kappa shape index (κ1) is 31.7. The fraction of sp³-hybridized carbons (Fsp3) is 0.111. The number of aliphatic hydroxyl groups is 2. The van der Waals surface area contributed by atoms with E-state index in [1.807, 2.05) is 0 Å². The van der Waals surface area contributed by atoms with E-state index in [-0.39, 0.29) is 26.4 Å². The predicted molar refractivity (Wildman–Crippen MR) is 209 cm³/mol. The topological polar surface area (TPSA) is 58.9 Å². The number of benzene rings is 5. The number of aliphatic hydroxyl groups excluding tert-OH is 2. The Hall–Kier alpha value is -5.24. The second-order valence-corrected chi connectivity index (χ2v) is 14.6. The van der Waals surface area contributed by atoms with Crippen molar-refractivity contribution in [2.75, 3.05) is 26.4 Å². The molecule has 0 radical (unpaired) electrons. The molecular formula is C45H34O4S2. The molecule has 9 rings (SSSR count). The van der Waals surface area contributed by atoms with Gasteiger partial charge in [-0.1, -0.05) is 91.0 Å². The largest absolute Gasteiger partial charge is 0.491 e. The Morgan fingerprint density at radius 3 is 1.84 bits per heavy atom. The normalized spacial score (nSPS) is 14.0. The molecule has 0 aliphatic heterocycles. The first-order valence-electron chi connectivity index (χ1n) is 17.1. The van der Waals surface area contributed by atoms with Crippen LogP contribution in [0.25, 0.3) is 43.3 Å². The molecule has 0 bridgehead atoms. The molecule has 0 spiro atoms. The van der Waals surface area contributed by atoms with Gasteiger partial charge in [0.15, 0.2) is 0 Å². The Bertz CT molecular complexity index is 2470. The second kappa shape index (κ2) is 13.1. The number of allylic oxidation sites excluding steroid dienone is 2. The maximum absolute atomic E-state index is 9.66. The lowest BCUT2D eigenvalue weighted by molar-refractivity contribution is 0.202. The molecular weight excluding hydrogens is 669 g/mol. The smallest absolute Gasteiger partial charge is 0.128 e. The van der Waals surface area contributed by atoms with Gasteiger partial charge >= 0.3 is 0 Å². The van der Waals surface area contributed by atoms with Gasteiger partial charge in [-0.2, -0.15) is 0 Å². The van der Waals surface area contributed by atoms with Crippen LogP contribution in [-0.2, 0) is 5.41 Å². The molecule has 2 aliphatic carbocycles. The third-order valence-corrected chi connectivity index (χ3v) is 11.8. The Morgan fingerprint density at radius 1 is 0.588 bits per heavy atom. The van der Waals surface area contributed by atoms with Crippen molar-refractivity contribution in [3.63, 3.8) is 0 Å². The van der Waals surface area contributed by atoms with Crippen LogP contribution in [0.3, 0.4) is 0 Å².